The second-order valence-corrected chi connectivity index (χ2v) is 5.40. The normalized spacial score (nSPS) is 10.3. The molecule has 26 heavy (non-hydrogen) atoms. The number of ether oxygens (including phenoxy) is 2. The van der Waals surface area contributed by atoms with Gasteiger partial charge in [0.05, 0.1) is 31.8 Å². The molecule has 2 heterocycles. The molecule has 3 rings (SSSR count). The predicted molar refractivity (Wildman–Crippen MR) is 96.3 cm³/mol. The van der Waals surface area contributed by atoms with Gasteiger partial charge in [0.2, 0.25) is 0 Å². The first-order valence-electron chi connectivity index (χ1n) is 7.79. The molecule has 1 amide bonds. The van der Waals surface area contributed by atoms with Crippen LogP contribution in [0.25, 0.3) is 0 Å². The molecule has 0 saturated carbocycles. The summed E-state index contributed by atoms with van der Waals surface area (Å²) in [7, 11) is 3.18. The summed E-state index contributed by atoms with van der Waals surface area (Å²) >= 11 is 0. The van der Waals surface area contributed by atoms with Crippen LogP contribution in [0, 0.1) is 6.92 Å². The van der Waals surface area contributed by atoms with Gasteiger partial charge in [0.25, 0.3) is 5.91 Å². The molecule has 0 bridgehead atoms. The molecule has 0 saturated heterocycles. The average Bonchev–Trinajstić information content (AvgIpc) is 3.07. The van der Waals surface area contributed by atoms with Crippen molar-refractivity contribution in [1.29, 1.82) is 0 Å². The number of pyridine rings is 1. The summed E-state index contributed by atoms with van der Waals surface area (Å²) in [4.78, 5) is 16.3. The van der Waals surface area contributed by atoms with E-state index in [-0.39, 0.29) is 11.6 Å². The van der Waals surface area contributed by atoms with Gasteiger partial charge in [-0.05, 0) is 31.2 Å². The summed E-state index contributed by atoms with van der Waals surface area (Å²) in [6.45, 7) is 1.74. The number of aryl methyl sites for hydroxylation is 1. The Morgan fingerprint density at radius 1 is 1.12 bits per heavy atom. The van der Waals surface area contributed by atoms with Crippen LogP contribution in [-0.2, 0) is 0 Å². The van der Waals surface area contributed by atoms with Crippen molar-refractivity contribution >= 4 is 23.1 Å². The quantitative estimate of drug-likeness (QED) is 0.700. The van der Waals surface area contributed by atoms with Crippen LogP contribution < -0.4 is 20.1 Å². The topological polar surface area (TPSA) is 98.5 Å². The van der Waals surface area contributed by atoms with Gasteiger partial charge in [0.1, 0.15) is 23.0 Å². The smallest absolute Gasteiger partial charge is 0.275 e. The van der Waals surface area contributed by atoms with E-state index in [1.165, 1.54) is 0 Å². The lowest BCUT2D eigenvalue weighted by atomic mass is 10.2. The van der Waals surface area contributed by atoms with Gasteiger partial charge in [-0.3, -0.25) is 4.79 Å². The number of hydrogen-bond donors (Lipinski definition) is 2. The van der Waals surface area contributed by atoms with Crippen LogP contribution in [-0.4, -0.2) is 30.3 Å². The molecular weight excluding hydrogens is 336 g/mol. The molecule has 0 radical (unpaired) electrons. The fraction of sp³-hybridized carbons (Fsp3) is 0.167. The molecule has 8 nitrogen and oxygen atoms in total. The SMILES string of the molecule is COc1ccc(OC)c(Nc2ccc(C(=O)Nc3cc(C)on3)nc2)c1. The van der Waals surface area contributed by atoms with Crippen molar-refractivity contribution < 1.29 is 18.8 Å². The highest BCUT2D eigenvalue weighted by Gasteiger charge is 2.11. The van der Waals surface area contributed by atoms with Crippen LogP contribution in [0.2, 0.25) is 0 Å². The molecule has 0 atom stereocenters. The number of nitrogens with one attached hydrogen (secondary N) is 2. The standard InChI is InChI=1S/C18H18N4O4/c1-11-8-17(22-26-11)21-18(23)14-6-4-12(10-19-14)20-15-9-13(24-2)5-7-16(15)25-3/h4-10,20H,1-3H3,(H,21,22,23). The number of amides is 1. The number of rotatable bonds is 6. The molecule has 0 spiro atoms. The predicted octanol–water partition coefficient (Wildman–Crippen LogP) is 3.39. The first-order chi connectivity index (χ1) is 12.6. The maximum atomic E-state index is 12.2. The average molecular weight is 354 g/mol. The van der Waals surface area contributed by atoms with Crippen LogP contribution in [0.5, 0.6) is 11.5 Å². The zero-order chi connectivity index (χ0) is 18.5. The molecule has 1 aromatic carbocycles. The molecule has 0 aliphatic carbocycles. The van der Waals surface area contributed by atoms with E-state index in [9.17, 15) is 4.79 Å². The maximum absolute atomic E-state index is 12.2. The number of nitrogens with zero attached hydrogens (tertiary/aromatic N) is 2. The largest absolute Gasteiger partial charge is 0.497 e. The van der Waals surface area contributed by atoms with E-state index in [0.29, 0.717) is 28.8 Å². The van der Waals surface area contributed by atoms with Crippen molar-refractivity contribution in [2.24, 2.45) is 0 Å². The minimum absolute atomic E-state index is 0.258. The van der Waals surface area contributed by atoms with E-state index in [0.717, 1.165) is 5.69 Å². The number of benzene rings is 1. The van der Waals surface area contributed by atoms with Crippen molar-refractivity contribution in [3.8, 4) is 11.5 Å². The molecule has 2 N–H and O–H groups in total. The Kier molecular flexibility index (Phi) is 5.02. The lowest BCUT2D eigenvalue weighted by Crippen LogP contribution is -2.13. The highest BCUT2D eigenvalue weighted by molar-refractivity contribution is 6.02. The summed E-state index contributed by atoms with van der Waals surface area (Å²) in [5, 5.41) is 9.53. The second-order valence-electron chi connectivity index (χ2n) is 5.40. The molecule has 0 aliphatic heterocycles. The summed E-state index contributed by atoms with van der Waals surface area (Å²) < 4.78 is 15.5. The number of anilines is 3. The lowest BCUT2D eigenvalue weighted by molar-refractivity contribution is 0.102. The fourth-order valence-electron chi connectivity index (χ4n) is 2.28. The molecule has 134 valence electrons. The van der Waals surface area contributed by atoms with Crippen molar-refractivity contribution in [2.75, 3.05) is 24.9 Å². The summed E-state index contributed by atoms with van der Waals surface area (Å²) in [5.74, 6) is 1.94. The monoisotopic (exact) mass is 354 g/mol. The summed E-state index contributed by atoms with van der Waals surface area (Å²) in [5.41, 5.74) is 1.68. The van der Waals surface area contributed by atoms with Gasteiger partial charge >= 0.3 is 0 Å². The summed E-state index contributed by atoms with van der Waals surface area (Å²) in [6, 6.07) is 10.4. The van der Waals surface area contributed by atoms with Crippen LogP contribution in [0.15, 0.2) is 47.1 Å². The molecule has 2 aromatic heterocycles. The molecule has 0 fully saturated rings. The zero-order valence-corrected chi connectivity index (χ0v) is 14.6. The number of aromatic nitrogens is 2. The van der Waals surface area contributed by atoms with Gasteiger partial charge < -0.3 is 24.6 Å². The van der Waals surface area contributed by atoms with E-state index in [1.54, 1.807) is 57.7 Å². The third-order valence-electron chi connectivity index (χ3n) is 3.55. The Morgan fingerprint density at radius 3 is 2.58 bits per heavy atom. The first kappa shape index (κ1) is 17.3. The van der Waals surface area contributed by atoms with E-state index in [1.807, 2.05) is 6.07 Å². The Balaban J connectivity index is 1.72. The number of carbonyl (C=O) groups is 1. The second kappa shape index (κ2) is 7.56. The van der Waals surface area contributed by atoms with Gasteiger partial charge in [-0.25, -0.2) is 4.98 Å². The van der Waals surface area contributed by atoms with E-state index in [2.05, 4.69) is 20.8 Å². The molecular formula is C18H18N4O4. The minimum Gasteiger partial charge on any atom is -0.497 e. The number of carbonyl (C=O) groups excluding carboxylic acids is 1. The highest BCUT2D eigenvalue weighted by Crippen LogP contribution is 2.31. The van der Waals surface area contributed by atoms with Crippen LogP contribution in [0.3, 0.4) is 0 Å². The minimum atomic E-state index is -0.371. The third-order valence-corrected chi connectivity index (χ3v) is 3.55. The van der Waals surface area contributed by atoms with Gasteiger partial charge in [0, 0.05) is 12.1 Å². The van der Waals surface area contributed by atoms with Crippen molar-refractivity contribution in [3.63, 3.8) is 0 Å². The lowest BCUT2D eigenvalue weighted by Gasteiger charge is -2.12. The van der Waals surface area contributed by atoms with Crippen molar-refractivity contribution in [3.05, 3.63) is 54.0 Å². The Hall–Kier alpha value is -3.55. The maximum Gasteiger partial charge on any atom is 0.275 e. The van der Waals surface area contributed by atoms with Gasteiger partial charge in [-0.15, -0.1) is 0 Å². The first-order valence-corrected chi connectivity index (χ1v) is 7.79. The zero-order valence-electron chi connectivity index (χ0n) is 14.6. The van der Waals surface area contributed by atoms with Crippen LogP contribution in [0.1, 0.15) is 16.2 Å². The Morgan fingerprint density at radius 2 is 1.96 bits per heavy atom. The van der Waals surface area contributed by atoms with Gasteiger partial charge in [-0.2, -0.15) is 0 Å². The van der Waals surface area contributed by atoms with E-state index in [4.69, 9.17) is 14.0 Å². The van der Waals surface area contributed by atoms with Gasteiger partial charge in [0.15, 0.2) is 5.82 Å². The van der Waals surface area contributed by atoms with E-state index < -0.39 is 0 Å². The fourth-order valence-corrected chi connectivity index (χ4v) is 2.28. The van der Waals surface area contributed by atoms with E-state index >= 15 is 0 Å². The molecule has 8 heteroatoms. The molecule has 0 aliphatic rings. The van der Waals surface area contributed by atoms with Crippen molar-refractivity contribution in [1.82, 2.24) is 10.1 Å². The molecule has 3 aromatic rings. The van der Waals surface area contributed by atoms with Gasteiger partial charge in [-0.1, -0.05) is 5.16 Å². The van der Waals surface area contributed by atoms with Crippen LogP contribution >= 0.6 is 0 Å². The number of hydrogen-bond acceptors (Lipinski definition) is 7. The third kappa shape index (κ3) is 3.92. The Labute approximate surface area is 150 Å². The Bertz CT molecular complexity index is 906. The molecule has 0 unspecified atom stereocenters. The van der Waals surface area contributed by atoms with Crippen molar-refractivity contribution in [2.45, 2.75) is 6.92 Å². The van der Waals surface area contributed by atoms with Crippen LogP contribution in [0.4, 0.5) is 17.2 Å². The highest BCUT2D eigenvalue weighted by atomic mass is 16.5. The summed E-state index contributed by atoms with van der Waals surface area (Å²) in [6.07, 6.45) is 1.56. The number of methoxy groups -OCH3 is 2.